The van der Waals surface area contributed by atoms with Gasteiger partial charge in [0.1, 0.15) is 11.5 Å². The average Bonchev–Trinajstić information content (AvgIpc) is 2.54. The summed E-state index contributed by atoms with van der Waals surface area (Å²) < 4.78 is 10.8. The Hall–Kier alpha value is -2.49. The highest BCUT2D eigenvalue weighted by molar-refractivity contribution is 5.92. The van der Waals surface area contributed by atoms with Crippen LogP contribution in [0.1, 0.15) is 30.9 Å². The second kappa shape index (κ2) is 7.68. The largest absolute Gasteiger partial charge is 0.497 e. The van der Waals surface area contributed by atoms with E-state index in [9.17, 15) is 4.79 Å². The lowest BCUT2D eigenvalue weighted by molar-refractivity contribution is -0.118. The van der Waals surface area contributed by atoms with Crippen LogP contribution in [0.2, 0.25) is 0 Å². The van der Waals surface area contributed by atoms with Crippen molar-refractivity contribution in [2.75, 3.05) is 19.0 Å². The zero-order chi connectivity index (χ0) is 16.8. The molecule has 0 bridgehead atoms. The Labute approximate surface area is 137 Å². The molecule has 4 nitrogen and oxygen atoms in total. The molecule has 0 atom stereocenters. The van der Waals surface area contributed by atoms with Crippen molar-refractivity contribution in [3.8, 4) is 11.5 Å². The first-order valence-corrected chi connectivity index (χ1v) is 7.67. The Morgan fingerprint density at radius 1 is 1.17 bits per heavy atom. The number of carbonyl (C=O) groups is 1. The molecular formula is C19H23NO3. The van der Waals surface area contributed by atoms with Gasteiger partial charge in [0, 0.05) is 11.8 Å². The molecular weight excluding hydrogens is 290 g/mol. The molecule has 2 aromatic carbocycles. The van der Waals surface area contributed by atoms with Crippen molar-refractivity contribution in [1.29, 1.82) is 0 Å². The molecule has 0 aliphatic rings. The molecule has 0 aliphatic carbocycles. The number of methoxy groups -OCH3 is 1. The monoisotopic (exact) mass is 313 g/mol. The van der Waals surface area contributed by atoms with E-state index in [4.69, 9.17) is 9.47 Å². The van der Waals surface area contributed by atoms with E-state index < -0.39 is 0 Å². The third kappa shape index (κ3) is 4.74. The molecule has 2 rings (SSSR count). The lowest BCUT2D eigenvalue weighted by Gasteiger charge is -2.13. The van der Waals surface area contributed by atoms with Gasteiger partial charge in [-0.15, -0.1) is 0 Å². The van der Waals surface area contributed by atoms with Crippen molar-refractivity contribution in [3.63, 3.8) is 0 Å². The van der Waals surface area contributed by atoms with Crippen LogP contribution in [0.5, 0.6) is 11.5 Å². The molecule has 23 heavy (non-hydrogen) atoms. The molecule has 0 saturated heterocycles. The third-order valence-corrected chi connectivity index (χ3v) is 3.59. The van der Waals surface area contributed by atoms with E-state index in [2.05, 4.69) is 25.2 Å². The van der Waals surface area contributed by atoms with Crippen LogP contribution < -0.4 is 14.8 Å². The number of amides is 1. The van der Waals surface area contributed by atoms with Crippen molar-refractivity contribution in [1.82, 2.24) is 0 Å². The van der Waals surface area contributed by atoms with Crippen LogP contribution in [0.15, 0.2) is 42.5 Å². The van der Waals surface area contributed by atoms with Crippen molar-refractivity contribution >= 4 is 11.6 Å². The summed E-state index contributed by atoms with van der Waals surface area (Å²) in [5.41, 5.74) is 2.90. The van der Waals surface area contributed by atoms with Crippen LogP contribution in [0.4, 0.5) is 5.69 Å². The molecule has 0 heterocycles. The molecule has 0 radical (unpaired) electrons. The predicted octanol–water partition coefficient (Wildman–Crippen LogP) is 4.14. The van der Waals surface area contributed by atoms with Gasteiger partial charge in [0.2, 0.25) is 0 Å². The van der Waals surface area contributed by atoms with Gasteiger partial charge in [0.25, 0.3) is 5.91 Å². The van der Waals surface area contributed by atoms with E-state index in [1.165, 1.54) is 5.56 Å². The summed E-state index contributed by atoms with van der Waals surface area (Å²) in [6, 6.07) is 13.3. The number of carbonyl (C=O) groups excluding carboxylic acids is 1. The predicted molar refractivity (Wildman–Crippen MR) is 92.4 cm³/mol. The SMILES string of the molecule is COc1cccc(NC(=O)COc2cc(C(C)C)ccc2C)c1. The summed E-state index contributed by atoms with van der Waals surface area (Å²) in [6.07, 6.45) is 0. The lowest BCUT2D eigenvalue weighted by atomic mass is 10.0. The van der Waals surface area contributed by atoms with Crippen molar-refractivity contribution in [2.45, 2.75) is 26.7 Å². The van der Waals surface area contributed by atoms with Gasteiger partial charge in [-0.2, -0.15) is 0 Å². The summed E-state index contributed by atoms with van der Waals surface area (Å²) >= 11 is 0. The van der Waals surface area contributed by atoms with Gasteiger partial charge in [-0.3, -0.25) is 4.79 Å². The van der Waals surface area contributed by atoms with Crippen molar-refractivity contribution < 1.29 is 14.3 Å². The number of anilines is 1. The third-order valence-electron chi connectivity index (χ3n) is 3.59. The summed E-state index contributed by atoms with van der Waals surface area (Å²) in [7, 11) is 1.59. The minimum atomic E-state index is -0.201. The number of ether oxygens (including phenoxy) is 2. The molecule has 0 fully saturated rings. The van der Waals surface area contributed by atoms with E-state index in [0.717, 1.165) is 11.3 Å². The molecule has 122 valence electrons. The zero-order valence-corrected chi connectivity index (χ0v) is 14.1. The fourth-order valence-corrected chi connectivity index (χ4v) is 2.17. The maximum Gasteiger partial charge on any atom is 0.262 e. The maximum absolute atomic E-state index is 12.0. The zero-order valence-electron chi connectivity index (χ0n) is 14.1. The minimum absolute atomic E-state index is 0.0282. The van der Waals surface area contributed by atoms with Gasteiger partial charge in [0.15, 0.2) is 6.61 Å². The summed E-state index contributed by atoms with van der Waals surface area (Å²) in [5, 5.41) is 2.80. The number of rotatable bonds is 6. The van der Waals surface area contributed by atoms with Gasteiger partial charge in [-0.05, 0) is 42.2 Å². The van der Waals surface area contributed by atoms with E-state index >= 15 is 0 Å². The van der Waals surface area contributed by atoms with Gasteiger partial charge in [-0.25, -0.2) is 0 Å². The van der Waals surface area contributed by atoms with Gasteiger partial charge >= 0.3 is 0 Å². The molecule has 4 heteroatoms. The highest BCUT2D eigenvalue weighted by atomic mass is 16.5. The topological polar surface area (TPSA) is 47.6 Å². The first kappa shape index (κ1) is 16.9. The number of aryl methyl sites for hydroxylation is 1. The number of benzene rings is 2. The maximum atomic E-state index is 12.0. The highest BCUT2D eigenvalue weighted by Gasteiger charge is 2.08. The molecule has 0 unspecified atom stereocenters. The summed E-state index contributed by atoms with van der Waals surface area (Å²) in [6.45, 7) is 6.20. The lowest BCUT2D eigenvalue weighted by Crippen LogP contribution is -2.20. The van der Waals surface area contributed by atoms with Crippen LogP contribution in [0.25, 0.3) is 0 Å². The number of nitrogens with one attached hydrogen (secondary N) is 1. The molecule has 1 amide bonds. The van der Waals surface area contributed by atoms with Crippen molar-refractivity contribution in [3.05, 3.63) is 53.6 Å². The van der Waals surface area contributed by atoms with E-state index in [1.807, 2.05) is 37.3 Å². The van der Waals surface area contributed by atoms with Crippen LogP contribution in [-0.4, -0.2) is 19.6 Å². The first-order chi connectivity index (χ1) is 11.0. The van der Waals surface area contributed by atoms with Crippen LogP contribution in [0.3, 0.4) is 0 Å². The van der Waals surface area contributed by atoms with E-state index in [1.54, 1.807) is 13.2 Å². The molecule has 0 spiro atoms. The Morgan fingerprint density at radius 3 is 2.65 bits per heavy atom. The second-order valence-electron chi connectivity index (χ2n) is 5.75. The van der Waals surface area contributed by atoms with E-state index in [0.29, 0.717) is 17.4 Å². The molecule has 0 aromatic heterocycles. The van der Waals surface area contributed by atoms with Gasteiger partial charge in [0.05, 0.1) is 7.11 Å². The molecule has 2 aromatic rings. The van der Waals surface area contributed by atoms with Gasteiger partial charge in [-0.1, -0.05) is 32.0 Å². The smallest absolute Gasteiger partial charge is 0.262 e. The quantitative estimate of drug-likeness (QED) is 0.871. The van der Waals surface area contributed by atoms with Crippen LogP contribution in [0, 0.1) is 6.92 Å². The van der Waals surface area contributed by atoms with Crippen molar-refractivity contribution in [2.24, 2.45) is 0 Å². The fourth-order valence-electron chi connectivity index (χ4n) is 2.17. The molecule has 0 saturated carbocycles. The minimum Gasteiger partial charge on any atom is -0.497 e. The van der Waals surface area contributed by atoms with Crippen LogP contribution >= 0.6 is 0 Å². The number of hydrogen-bond donors (Lipinski definition) is 1. The van der Waals surface area contributed by atoms with E-state index in [-0.39, 0.29) is 12.5 Å². The highest BCUT2D eigenvalue weighted by Crippen LogP contribution is 2.24. The second-order valence-corrected chi connectivity index (χ2v) is 5.75. The number of hydrogen-bond acceptors (Lipinski definition) is 3. The Morgan fingerprint density at radius 2 is 1.96 bits per heavy atom. The molecule has 0 aliphatic heterocycles. The summed E-state index contributed by atoms with van der Waals surface area (Å²) in [4.78, 5) is 12.0. The van der Waals surface area contributed by atoms with Gasteiger partial charge < -0.3 is 14.8 Å². The Bertz CT molecular complexity index is 680. The standard InChI is InChI=1S/C19H23NO3/c1-13(2)15-9-8-14(3)18(10-15)23-12-19(21)20-16-6-5-7-17(11-16)22-4/h5-11,13H,12H2,1-4H3,(H,20,21). The average molecular weight is 313 g/mol. The Kier molecular flexibility index (Phi) is 5.63. The molecule has 1 N–H and O–H groups in total. The fraction of sp³-hybridized carbons (Fsp3) is 0.316. The normalized spacial score (nSPS) is 10.5. The Balaban J connectivity index is 1.97. The summed E-state index contributed by atoms with van der Waals surface area (Å²) in [5.74, 6) is 1.66. The first-order valence-electron chi connectivity index (χ1n) is 7.67. The van der Waals surface area contributed by atoms with Crippen LogP contribution in [-0.2, 0) is 4.79 Å².